The van der Waals surface area contributed by atoms with Crippen LogP contribution < -0.4 is 4.72 Å². The van der Waals surface area contributed by atoms with Crippen molar-refractivity contribution in [1.82, 2.24) is 4.72 Å². The van der Waals surface area contributed by atoms with Crippen molar-refractivity contribution in [2.45, 2.75) is 19.4 Å². The van der Waals surface area contributed by atoms with Crippen molar-refractivity contribution < 1.29 is 13.5 Å². The van der Waals surface area contributed by atoms with Gasteiger partial charge in [0.1, 0.15) is 5.21 Å². The van der Waals surface area contributed by atoms with Crippen LogP contribution in [0.2, 0.25) is 0 Å². The Labute approximate surface area is 71.6 Å². The molecule has 1 atom stereocenters. The molecule has 68 valence electrons. The number of aliphatic hydroxyl groups is 1. The molecule has 6 heteroatoms. The molecule has 1 unspecified atom stereocenters. The maximum Gasteiger partial charge on any atom is 0.225 e. The van der Waals surface area contributed by atoms with Gasteiger partial charge in [0.15, 0.2) is 0 Å². The Kier molecular flexibility index (Phi) is 4.99. The summed E-state index contributed by atoms with van der Waals surface area (Å²) in [4.78, 5) is 0. The van der Waals surface area contributed by atoms with E-state index in [-0.39, 0.29) is 12.6 Å². The van der Waals surface area contributed by atoms with E-state index in [9.17, 15) is 8.42 Å². The maximum atomic E-state index is 10.8. The molecule has 0 spiro atoms. The summed E-state index contributed by atoms with van der Waals surface area (Å²) in [6.07, 6.45) is 0.399. The summed E-state index contributed by atoms with van der Waals surface area (Å²) >= 11 is 5.12. The third-order valence-electron chi connectivity index (χ3n) is 1.09. The third-order valence-corrected chi connectivity index (χ3v) is 3.00. The van der Waals surface area contributed by atoms with Crippen LogP contribution in [0.3, 0.4) is 0 Å². The summed E-state index contributed by atoms with van der Waals surface area (Å²) in [7, 11) is -3.34. The Morgan fingerprint density at radius 1 is 1.64 bits per heavy atom. The summed E-state index contributed by atoms with van der Waals surface area (Å²) in [5, 5.41) is 8.00. The van der Waals surface area contributed by atoms with Crippen LogP contribution in [0.25, 0.3) is 0 Å². The second-order valence-electron chi connectivity index (χ2n) is 2.26. The normalized spacial score (nSPS) is 14.8. The standard InChI is InChI=1S/C5H12ClNO3S/c1-5(2-3-8)7-11(9,10)4-6/h5,7-8H,2-4H2,1H3. The number of hydrogen-bond donors (Lipinski definition) is 2. The molecule has 0 aliphatic heterocycles. The predicted octanol–water partition coefficient (Wildman–Crippen LogP) is -0.127. The zero-order chi connectivity index (χ0) is 8.91. The van der Waals surface area contributed by atoms with Crippen LogP contribution in [0.4, 0.5) is 0 Å². The van der Waals surface area contributed by atoms with Crippen LogP contribution in [-0.4, -0.2) is 31.4 Å². The molecule has 0 aliphatic carbocycles. The van der Waals surface area contributed by atoms with Gasteiger partial charge in [-0.05, 0) is 13.3 Å². The molecule has 11 heavy (non-hydrogen) atoms. The predicted molar refractivity (Wildman–Crippen MR) is 43.9 cm³/mol. The Hall–Kier alpha value is 0.160. The molecule has 0 fully saturated rings. The number of rotatable bonds is 5. The van der Waals surface area contributed by atoms with Crippen molar-refractivity contribution in [3.05, 3.63) is 0 Å². The van der Waals surface area contributed by atoms with E-state index in [4.69, 9.17) is 16.7 Å². The van der Waals surface area contributed by atoms with Crippen molar-refractivity contribution in [3.63, 3.8) is 0 Å². The van der Waals surface area contributed by atoms with Crippen LogP contribution in [0, 0.1) is 0 Å². The molecular formula is C5H12ClNO3S. The summed E-state index contributed by atoms with van der Waals surface area (Å²) in [5.41, 5.74) is 0. The molecule has 0 amide bonds. The minimum Gasteiger partial charge on any atom is -0.396 e. The minimum absolute atomic E-state index is 0.0357. The molecule has 2 N–H and O–H groups in total. The van der Waals surface area contributed by atoms with Gasteiger partial charge in [-0.3, -0.25) is 0 Å². The molecule has 0 aliphatic rings. The van der Waals surface area contributed by atoms with Crippen LogP contribution in [-0.2, 0) is 10.0 Å². The first-order chi connectivity index (χ1) is 5.02. The molecule has 0 bridgehead atoms. The summed E-state index contributed by atoms with van der Waals surface area (Å²) in [6, 6.07) is -0.260. The average molecular weight is 202 g/mol. The van der Waals surface area contributed by atoms with Crippen molar-refractivity contribution in [2.24, 2.45) is 0 Å². The highest BCUT2D eigenvalue weighted by Crippen LogP contribution is 1.94. The van der Waals surface area contributed by atoms with E-state index in [2.05, 4.69) is 4.72 Å². The minimum atomic E-state index is -3.34. The fraction of sp³-hybridized carbons (Fsp3) is 1.00. The smallest absolute Gasteiger partial charge is 0.225 e. The molecule has 0 saturated carbocycles. The summed E-state index contributed by atoms with van der Waals surface area (Å²) in [5.74, 6) is 0. The zero-order valence-electron chi connectivity index (χ0n) is 6.25. The van der Waals surface area contributed by atoms with Gasteiger partial charge in [-0.25, -0.2) is 13.1 Å². The van der Waals surface area contributed by atoms with Gasteiger partial charge in [0.25, 0.3) is 0 Å². The van der Waals surface area contributed by atoms with Crippen LogP contribution >= 0.6 is 11.6 Å². The van der Waals surface area contributed by atoms with Gasteiger partial charge in [0, 0.05) is 12.6 Å². The first-order valence-electron chi connectivity index (χ1n) is 3.18. The summed E-state index contributed by atoms with van der Waals surface area (Å²) in [6.45, 7) is 1.63. The maximum absolute atomic E-state index is 10.8. The van der Waals surface area contributed by atoms with E-state index >= 15 is 0 Å². The van der Waals surface area contributed by atoms with E-state index in [0.29, 0.717) is 6.42 Å². The summed E-state index contributed by atoms with van der Waals surface area (Å²) < 4.78 is 23.8. The first kappa shape index (κ1) is 11.2. The highest BCUT2D eigenvalue weighted by molar-refractivity contribution is 7.90. The van der Waals surface area contributed by atoms with E-state index < -0.39 is 15.2 Å². The van der Waals surface area contributed by atoms with Crippen molar-refractivity contribution in [2.75, 3.05) is 11.8 Å². The number of alkyl halides is 1. The Morgan fingerprint density at radius 3 is 2.55 bits per heavy atom. The molecular weight excluding hydrogens is 190 g/mol. The lowest BCUT2D eigenvalue weighted by Crippen LogP contribution is -2.33. The quantitative estimate of drug-likeness (QED) is 0.610. The lowest BCUT2D eigenvalue weighted by Gasteiger charge is -2.10. The molecule has 0 aromatic carbocycles. The number of nitrogens with one attached hydrogen (secondary N) is 1. The molecule has 0 rings (SSSR count). The molecule has 4 nitrogen and oxygen atoms in total. The lowest BCUT2D eigenvalue weighted by atomic mass is 10.3. The second-order valence-corrected chi connectivity index (χ2v) is 4.59. The van der Waals surface area contributed by atoms with E-state index in [0.717, 1.165) is 0 Å². The van der Waals surface area contributed by atoms with Gasteiger partial charge in [0.2, 0.25) is 10.0 Å². The molecule has 0 aromatic rings. The Balaban J connectivity index is 3.84. The molecule has 0 radical (unpaired) electrons. The van der Waals surface area contributed by atoms with E-state index in [1.807, 2.05) is 0 Å². The van der Waals surface area contributed by atoms with Crippen LogP contribution in [0.5, 0.6) is 0 Å². The second kappa shape index (κ2) is 4.92. The molecule has 0 heterocycles. The highest BCUT2D eigenvalue weighted by atomic mass is 35.5. The Bertz CT molecular complexity index is 192. The van der Waals surface area contributed by atoms with Crippen molar-refractivity contribution in [1.29, 1.82) is 0 Å². The number of aliphatic hydroxyl groups excluding tert-OH is 1. The fourth-order valence-corrected chi connectivity index (χ4v) is 1.57. The number of sulfonamides is 1. The third kappa shape index (κ3) is 5.43. The zero-order valence-corrected chi connectivity index (χ0v) is 7.82. The van der Waals surface area contributed by atoms with Gasteiger partial charge in [-0.1, -0.05) is 0 Å². The van der Waals surface area contributed by atoms with Gasteiger partial charge in [-0.15, -0.1) is 11.6 Å². The van der Waals surface area contributed by atoms with E-state index in [1.54, 1.807) is 6.92 Å². The van der Waals surface area contributed by atoms with Crippen molar-refractivity contribution in [3.8, 4) is 0 Å². The monoisotopic (exact) mass is 201 g/mol. The van der Waals surface area contributed by atoms with Gasteiger partial charge in [-0.2, -0.15) is 0 Å². The lowest BCUT2D eigenvalue weighted by molar-refractivity contribution is 0.275. The van der Waals surface area contributed by atoms with Gasteiger partial charge < -0.3 is 5.11 Å². The SMILES string of the molecule is CC(CCO)NS(=O)(=O)CCl. The number of halogens is 1. The van der Waals surface area contributed by atoms with Crippen LogP contribution in [0.1, 0.15) is 13.3 Å². The van der Waals surface area contributed by atoms with E-state index in [1.165, 1.54) is 0 Å². The average Bonchev–Trinajstić information content (AvgIpc) is 1.87. The number of hydrogen-bond acceptors (Lipinski definition) is 3. The van der Waals surface area contributed by atoms with Gasteiger partial charge >= 0.3 is 0 Å². The van der Waals surface area contributed by atoms with Crippen molar-refractivity contribution >= 4 is 21.6 Å². The van der Waals surface area contributed by atoms with Crippen LogP contribution in [0.15, 0.2) is 0 Å². The largest absolute Gasteiger partial charge is 0.396 e. The van der Waals surface area contributed by atoms with Gasteiger partial charge in [0.05, 0.1) is 0 Å². The molecule has 0 saturated heterocycles. The Morgan fingerprint density at radius 2 is 2.18 bits per heavy atom. The first-order valence-corrected chi connectivity index (χ1v) is 5.37. The topological polar surface area (TPSA) is 66.4 Å². The highest BCUT2D eigenvalue weighted by Gasteiger charge is 2.11. The fourth-order valence-electron chi connectivity index (χ4n) is 0.591. The molecule has 0 aromatic heterocycles.